The molecule has 4 atom stereocenters. The lowest BCUT2D eigenvalue weighted by molar-refractivity contribution is -0.203. The van der Waals surface area contributed by atoms with Crippen molar-refractivity contribution in [2.45, 2.75) is 57.5 Å². The summed E-state index contributed by atoms with van der Waals surface area (Å²) in [4.78, 5) is 0. The summed E-state index contributed by atoms with van der Waals surface area (Å²) in [5.74, 6) is 0.526. The molecule has 0 aromatic heterocycles. The minimum atomic E-state index is -0.195. The Labute approximate surface area is 92.1 Å². The number of epoxide rings is 1. The smallest absolute Gasteiger partial charge is 0.146 e. The normalized spacial score (nSPS) is 50.0. The summed E-state index contributed by atoms with van der Waals surface area (Å²) in [6.45, 7) is 9.40. The van der Waals surface area contributed by atoms with Gasteiger partial charge in [-0.05, 0) is 19.8 Å². The van der Waals surface area contributed by atoms with Gasteiger partial charge in [0.05, 0.1) is 18.8 Å². The maximum Gasteiger partial charge on any atom is 0.146 e. The highest BCUT2D eigenvalue weighted by Gasteiger charge is 2.67. The van der Waals surface area contributed by atoms with Crippen LogP contribution in [0.4, 0.5) is 0 Å². The molecule has 3 heteroatoms. The zero-order chi connectivity index (χ0) is 11.3. The predicted octanol–water partition coefficient (Wildman–Crippen LogP) is 1.99. The van der Waals surface area contributed by atoms with Crippen LogP contribution in [0.25, 0.3) is 0 Å². The second-order valence-electron chi connectivity index (χ2n) is 5.38. The molecule has 2 heterocycles. The Morgan fingerprint density at radius 1 is 1.40 bits per heavy atom. The van der Waals surface area contributed by atoms with Crippen molar-refractivity contribution in [2.24, 2.45) is 5.92 Å². The van der Waals surface area contributed by atoms with Gasteiger partial charge in [-0.15, -0.1) is 0 Å². The van der Waals surface area contributed by atoms with Crippen LogP contribution >= 0.6 is 0 Å². The molecule has 2 rings (SSSR count). The average molecular weight is 214 g/mol. The molecule has 1 spiro atoms. The Morgan fingerprint density at radius 2 is 2.00 bits per heavy atom. The Balaban J connectivity index is 2.20. The lowest BCUT2D eigenvalue weighted by Crippen LogP contribution is -2.59. The van der Waals surface area contributed by atoms with Crippen molar-refractivity contribution in [2.75, 3.05) is 13.7 Å². The van der Waals surface area contributed by atoms with Crippen LogP contribution in [0.2, 0.25) is 0 Å². The van der Waals surface area contributed by atoms with Crippen LogP contribution in [0.5, 0.6) is 0 Å². The molecular weight excluding hydrogens is 192 g/mol. The second kappa shape index (κ2) is 3.44. The highest BCUT2D eigenvalue weighted by Crippen LogP contribution is 2.51. The Hall–Kier alpha value is -0.120. The van der Waals surface area contributed by atoms with Gasteiger partial charge in [0.15, 0.2) is 0 Å². The summed E-state index contributed by atoms with van der Waals surface area (Å²) in [5.41, 5.74) is -0.382. The molecule has 2 fully saturated rings. The molecule has 0 aliphatic carbocycles. The van der Waals surface area contributed by atoms with E-state index in [-0.39, 0.29) is 23.4 Å². The fourth-order valence-corrected chi connectivity index (χ4v) is 2.67. The Morgan fingerprint density at radius 3 is 2.40 bits per heavy atom. The summed E-state index contributed by atoms with van der Waals surface area (Å²) in [5, 5.41) is 0. The lowest BCUT2D eigenvalue weighted by Gasteiger charge is -2.46. The zero-order valence-electron chi connectivity index (χ0n) is 10.4. The monoisotopic (exact) mass is 214 g/mol. The van der Waals surface area contributed by atoms with Crippen LogP contribution in [0.1, 0.15) is 34.1 Å². The third kappa shape index (κ3) is 1.52. The fraction of sp³-hybridized carbons (Fsp3) is 1.00. The maximum atomic E-state index is 6.02. The maximum absolute atomic E-state index is 6.02. The lowest BCUT2D eigenvalue weighted by atomic mass is 9.76. The van der Waals surface area contributed by atoms with Crippen LogP contribution in [0.15, 0.2) is 0 Å². The van der Waals surface area contributed by atoms with Gasteiger partial charge < -0.3 is 14.2 Å². The molecule has 2 aliphatic heterocycles. The van der Waals surface area contributed by atoms with Gasteiger partial charge in [0.1, 0.15) is 11.2 Å². The van der Waals surface area contributed by atoms with Crippen molar-refractivity contribution >= 4 is 0 Å². The standard InChI is InChI=1S/C12H22O3/c1-8(2)10-6-11(4,13-5)12(7-14-12)9(3)15-10/h8-10H,6-7H2,1-5H3/t9-,10+,11+,12-/m0/s1. The van der Waals surface area contributed by atoms with Crippen molar-refractivity contribution in [3.05, 3.63) is 0 Å². The first-order valence-electron chi connectivity index (χ1n) is 5.80. The molecule has 3 nitrogen and oxygen atoms in total. The van der Waals surface area contributed by atoms with Crippen molar-refractivity contribution in [1.82, 2.24) is 0 Å². The molecule has 2 saturated heterocycles. The van der Waals surface area contributed by atoms with Gasteiger partial charge in [-0.25, -0.2) is 0 Å². The number of rotatable bonds is 2. The molecule has 0 amide bonds. The summed E-state index contributed by atoms with van der Waals surface area (Å²) >= 11 is 0. The van der Waals surface area contributed by atoms with Gasteiger partial charge in [-0.2, -0.15) is 0 Å². The van der Waals surface area contributed by atoms with E-state index in [0.717, 1.165) is 13.0 Å². The van der Waals surface area contributed by atoms with Gasteiger partial charge in [-0.3, -0.25) is 0 Å². The second-order valence-corrected chi connectivity index (χ2v) is 5.38. The number of hydrogen-bond acceptors (Lipinski definition) is 3. The highest BCUT2D eigenvalue weighted by atomic mass is 16.7. The number of methoxy groups -OCH3 is 1. The first kappa shape index (κ1) is 11.4. The molecule has 2 aliphatic rings. The topological polar surface area (TPSA) is 31.0 Å². The van der Waals surface area contributed by atoms with E-state index in [0.29, 0.717) is 5.92 Å². The highest BCUT2D eigenvalue weighted by molar-refractivity contribution is 5.15. The van der Waals surface area contributed by atoms with Crippen LogP contribution < -0.4 is 0 Å². The van der Waals surface area contributed by atoms with Crippen LogP contribution in [-0.2, 0) is 14.2 Å². The first-order chi connectivity index (χ1) is 6.95. The average Bonchev–Trinajstić information content (AvgIpc) is 2.95. The van der Waals surface area contributed by atoms with Crippen molar-refractivity contribution < 1.29 is 14.2 Å². The van der Waals surface area contributed by atoms with E-state index >= 15 is 0 Å². The number of hydrogen-bond donors (Lipinski definition) is 0. The fourth-order valence-electron chi connectivity index (χ4n) is 2.67. The predicted molar refractivity (Wildman–Crippen MR) is 57.9 cm³/mol. The van der Waals surface area contributed by atoms with Gasteiger partial charge in [0, 0.05) is 13.5 Å². The van der Waals surface area contributed by atoms with Crippen molar-refractivity contribution in [3.8, 4) is 0 Å². The molecule has 88 valence electrons. The molecule has 0 radical (unpaired) electrons. The molecule has 0 N–H and O–H groups in total. The Bertz CT molecular complexity index is 247. The SMILES string of the molecule is CO[C@]1(C)C[C@H](C(C)C)O[C@@H](C)[C@@]12CO2. The summed E-state index contributed by atoms with van der Waals surface area (Å²) < 4.78 is 17.4. The minimum Gasteiger partial charge on any atom is -0.375 e. The van der Waals surface area contributed by atoms with Gasteiger partial charge >= 0.3 is 0 Å². The molecule has 15 heavy (non-hydrogen) atoms. The minimum absolute atomic E-state index is 0.128. The van der Waals surface area contributed by atoms with E-state index in [4.69, 9.17) is 14.2 Å². The van der Waals surface area contributed by atoms with Crippen LogP contribution in [0, 0.1) is 5.92 Å². The zero-order valence-corrected chi connectivity index (χ0v) is 10.4. The Kier molecular flexibility index (Phi) is 2.61. The van der Waals surface area contributed by atoms with Crippen LogP contribution in [-0.4, -0.2) is 37.1 Å². The third-order valence-corrected chi connectivity index (χ3v) is 4.17. The van der Waals surface area contributed by atoms with E-state index in [1.54, 1.807) is 7.11 Å². The largest absolute Gasteiger partial charge is 0.375 e. The van der Waals surface area contributed by atoms with E-state index in [9.17, 15) is 0 Å². The summed E-state index contributed by atoms with van der Waals surface area (Å²) in [7, 11) is 1.78. The molecule has 0 bridgehead atoms. The van der Waals surface area contributed by atoms with Gasteiger partial charge in [0.2, 0.25) is 0 Å². The van der Waals surface area contributed by atoms with Crippen LogP contribution in [0.3, 0.4) is 0 Å². The van der Waals surface area contributed by atoms with Gasteiger partial charge in [-0.1, -0.05) is 13.8 Å². The molecule has 0 aromatic carbocycles. The quantitative estimate of drug-likeness (QED) is 0.659. The first-order valence-corrected chi connectivity index (χ1v) is 5.80. The van der Waals surface area contributed by atoms with Gasteiger partial charge in [0.25, 0.3) is 0 Å². The summed E-state index contributed by atoms with van der Waals surface area (Å²) in [6, 6.07) is 0. The van der Waals surface area contributed by atoms with E-state index in [1.807, 2.05) is 0 Å². The van der Waals surface area contributed by atoms with E-state index < -0.39 is 0 Å². The third-order valence-electron chi connectivity index (χ3n) is 4.17. The van der Waals surface area contributed by atoms with E-state index in [1.165, 1.54) is 0 Å². The molecular formula is C12H22O3. The van der Waals surface area contributed by atoms with Crippen molar-refractivity contribution in [3.63, 3.8) is 0 Å². The molecule has 0 aromatic rings. The van der Waals surface area contributed by atoms with Crippen molar-refractivity contribution in [1.29, 1.82) is 0 Å². The molecule has 0 unspecified atom stereocenters. The summed E-state index contributed by atoms with van der Waals surface area (Å²) in [6.07, 6.45) is 1.33. The van der Waals surface area contributed by atoms with E-state index in [2.05, 4.69) is 27.7 Å². The molecule has 0 saturated carbocycles. The number of ether oxygens (including phenoxy) is 3.